The Hall–Kier alpha value is -1.66. The molecule has 0 bridgehead atoms. The van der Waals surface area contributed by atoms with Crippen molar-refractivity contribution in [3.8, 4) is 11.8 Å². The molecule has 1 N–H and O–H groups in total. The predicted molar refractivity (Wildman–Crippen MR) is 76.3 cm³/mol. The average Bonchev–Trinajstić information content (AvgIpc) is 2.32. The van der Waals surface area contributed by atoms with Crippen LogP contribution in [-0.2, 0) is 4.79 Å². The molecular formula is C13H11ClN2OS. The van der Waals surface area contributed by atoms with Gasteiger partial charge in [-0.25, -0.2) is 0 Å². The van der Waals surface area contributed by atoms with E-state index in [1.165, 1.54) is 6.92 Å². The second kappa shape index (κ2) is 7.62. The smallest absolute Gasteiger partial charge is 0.216 e. The second-order valence-electron chi connectivity index (χ2n) is 3.40. The number of carbonyl (C=O) groups excluding carboxylic acids is 1. The normalized spacial score (nSPS) is 8.78. The van der Waals surface area contributed by atoms with Gasteiger partial charge in [0.15, 0.2) is 0 Å². The summed E-state index contributed by atoms with van der Waals surface area (Å²) >= 11 is 10.5. The van der Waals surface area contributed by atoms with Gasteiger partial charge in [0, 0.05) is 25.5 Å². The number of hydrogen-bond acceptors (Lipinski definition) is 3. The van der Waals surface area contributed by atoms with Crippen molar-refractivity contribution >= 4 is 40.6 Å². The number of hydrogen-bond donors (Lipinski definition) is 1. The molecule has 92 valence electrons. The number of rotatable bonds is 3. The van der Waals surface area contributed by atoms with Crippen LogP contribution in [0.15, 0.2) is 23.2 Å². The minimum Gasteiger partial charge on any atom is -0.355 e. The third kappa shape index (κ3) is 5.11. The van der Waals surface area contributed by atoms with Crippen LogP contribution in [0.1, 0.15) is 18.9 Å². The van der Waals surface area contributed by atoms with Gasteiger partial charge < -0.3 is 5.32 Å². The summed E-state index contributed by atoms with van der Waals surface area (Å²) in [5.41, 5.74) is 1.38. The molecule has 18 heavy (non-hydrogen) atoms. The maximum atomic E-state index is 10.6. The highest BCUT2D eigenvalue weighted by Crippen LogP contribution is 2.24. The molecule has 1 rings (SSSR count). The number of amides is 1. The molecule has 0 saturated carbocycles. The second-order valence-corrected chi connectivity index (χ2v) is 3.99. The zero-order valence-corrected chi connectivity index (χ0v) is 11.4. The van der Waals surface area contributed by atoms with Crippen molar-refractivity contribution in [3.05, 3.63) is 28.8 Å². The van der Waals surface area contributed by atoms with Gasteiger partial charge in [0.25, 0.3) is 0 Å². The zero-order chi connectivity index (χ0) is 13.4. The number of thiocarbonyl (C=S) groups is 1. The molecule has 0 aromatic heterocycles. The van der Waals surface area contributed by atoms with Crippen LogP contribution in [0.5, 0.6) is 0 Å². The number of halogens is 1. The van der Waals surface area contributed by atoms with Crippen molar-refractivity contribution in [2.75, 3.05) is 6.54 Å². The summed E-state index contributed by atoms with van der Waals surface area (Å²) in [6.45, 7) is 2.02. The summed E-state index contributed by atoms with van der Waals surface area (Å²) in [7, 11) is 0. The van der Waals surface area contributed by atoms with Crippen LogP contribution in [0.25, 0.3) is 0 Å². The Morgan fingerprint density at radius 3 is 2.94 bits per heavy atom. The average molecular weight is 279 g/mol. The molecule has 0 aliphatic rings. The van der Waals surface area contributed by atoms with Gasteiger partial charge in [-0.3, -0.25) is 4.79 Å². The first-order valence-corrected chi connectivity index (χ1v) is 6.03. The van der Waals surface area contributed by atoms with Crippen molar-refractivity contribution in [2.45, 2.75) is 13.3 Å². The van der Waals surface area contributed by atoms with Crippen molar-refractivity contribution in [1.29, 1.82) is 0 Å². The first-order chi connectivity index (χ1) is 8.63. The fraction of sp³-hybridized carbons (Fsp3) is 0.231. The lowest BCUT2D eigenvalue weighted by atomic mass is 10.2. The Kier molecular flexibility index (Phi) is 6.10. The largest absolute Gasteiger partial charge is 0.355 e. The predicted octanol–water partition coefficient (Wildman–Crippen LogP) is 2.95. The van der Waals surface area contributed by atoms with Gasteiger partial charge in [-0.2, -0.15) is 4.99 Å². The lowest BCUT2D eigenvalue weighted by Gasteiger charge is -1.97. The van der Waals surface area contributed by atoms with Crippen LogP contribution in [0, 0.1) is 11.8 Å². The van der Waals surface area contributed by atoms with E-state index in [1.807, 2.05) is 6.07 Å². The van der Waals surface area contributed by atoms with E-state index in [-0.39, 0.29) is 5.91 Å². The molecule has 0 unspecified atom stereocenters. The van der Waals surface area contributed by atoms with E-state index in [0.717, 1.165) is 5.56 Å². The van der Waals surface area contributed by atoms with Crippen LogP contribution >= 0.6 is 23.8 Å². The quantitative estimate of drug-likeness (QED) is 0.400. The molecule has 0 saturated heterocycles. The topological polar surface area (TPSA) is 41.5 Å². The third-order valence-corrected chi connectivity index (χ3v) is 2.36. The van der Waals surface area contributed by atoms with Crippen molar-refractivity contribution < 1.29 is 4.79 Å². The van der Waals surface area contributed by atoms with E-state index in [9.17, 15) is 4.79 Å². The molecule has 0 spiro atoms. The van der Waals surface area contributed by atoms with Crippen LogP contribution < -0.4 is 5.32 Å². The number of nitrogens with zero attached hydrogens (tertiary/aromatic N) is 1. The fourth-order valence-corrected chi connectivity index (χ4v) is 1.51. The summed E-state index contributed by atoms with van der Waals surface area (Å²) in [4.78, 5) is 14.4. The Labute approximate surface area is 116 Å². The Bertz CT molecular complexity index is 554. The molecule has 0 aliphatic heterocycles. The standard InChI is InChI=1S/C13H11ClN2OS/c1-10(17)15-7-3-2-4-11-5-6-13(16-9-18)12(14)8-11/h5-6,8H,3,7H2,1H3,(H,15,17). The van der Waals surface area contributed by atoms with E-state index in [2.05, 4.69) is 39.5 Å². The van der Waals surface area contributed by atoms with Gasteiger partial charge in [0.2, 0.25) is 5.91 Å². The van der Waals surface area contributed by atoms with Gasteiger partial charge >= 0.3 is 0 Å². The third-order valence-electron chi connectivity index (χ3n) is 1.97. The number of nitrogens with one attached hydrogen (secondary N) is 1. The number of isothiocyanates is 1. The highest BCUT2D eigenvalue weighted by molar-refractivity contribution is 7.78. The fourth-order valence-electron chi connectivity index (χ4n) is 1.19. The highest BCUT2D eigenvalue weighted by atomic mass is 35.5. The Morgan fingerprint density at radius 1 is 1.56 bits per heavy atom. The van der Waals surface area contributed by atoms with Crippen molar-refractivity contribution in [1.82, 2.24) is 5.32 Å². The SMILES string of the molecule is CC(=O)NCCC#Cc1ccc(N=C=S)c(Cl)c1. The van der Waals surface area contributed by atoms with E-state index >= 15 is 0 Å². The molecule has 0 fully saturated rings. The summed E-state index contributed by atoms with van der Waals surface area (Å²) < 4.78 is 0. The molecule has 1 aromatic carbocycles. The lowest BCUT2D eigenvalue weighted by molar-refractivity contribution is -0.118. The molecule has 1 aromatic rings. The highest BCUT2D eigenvalue weighted by Gasteiger charge is 1.98. The van der Waals surface area contributed by atoms with Gasteiger partial charge in [-0.1, -0.05) is 23.4 Å². The molecular weight excluding hydrogens is 268 g/mol. The zero-order valence-electron chi connectivity index (χ0n) is 9.79. The van der Waals surface area contributed by atoms with Crippen LogP contribution in [-0.4, -0.2) is 17.6 Å². The van der Waals surface area contributed by atoms with Crippen LogP contribution in [0.4, 0.5) is 5.69 Å². The van der Waals surface area contributed by atoms with E-state index in [0.29, 0.717) is 23.7 Å². The summed E-state index contributed by atoms with van der Waals surface area (Å²) in [6, 6.07) is 5.26. The van der Waals surface area contributed by atoms with Crippen LogP contribution in [0.2, 0.25) is 5.02 Å². The van der Waals surface area contributed by atoms with E-state index < -0.39 is 0 Å². The first kappa shape index (κ1) is 14.4. The maximum absolute atomic E-state index is 10.6. The molecule has 0 atom stereocenters. The summed E-state index contributed by atoms with van der Waals surface area (Å²) in [5.74, 6) is 5.85. The maximum Gasteiger partial charge on any atom is 0.216 e. The molecule has 1 amide bonds. The number of benzene rings is 1. The van der Waals surface area contributed by atoms with Gasteiger partial charge in [0.1, 0.15) is 0 Å². The van der Waals surface area contributed by atoms with Gasteiger partial charge in [-0.05, 0) is 30.4 Å². The Morgan fingerprint density at radius 2 is 2.33 bits per heavy atom. The van der Waals surface area contributed by atoms with Gasteiger partial charge in [0.05, 0.1) is 15.9 Å². The van der Waals surface area contributed by atoms with Crippen molar-refractivity contribution in [2.24, 2.45) is 4.99 Å². The van der Waals surface area contributed by atoms with Gasteiger partial charge in [-0.15, -0.1) is 0 Å². The summed E-state index contributed by atoms with van der Waals surface area (Å²) in [5, 5.41) is 5.42. The first-order valence-electron chi connectivity index (χ1n) is 5.24. The minimum absolute atomic E-state index is 0.0535. The Balaban J connectivity index is 2.63. The lowest BCUT2D eigenvalue weighted by Crippen LogP contribution is -2.20. The van der Waals surface area contributed by atoms with E-state index in [4.69, 9.17) is 11.6 Å². The van der Waals surface area contributed by atoms with Crippen LogP contribution in [0.3, 0.4) is 0 Å². The number of aliphatic imine (C=N–C) groups is 1. The monoisotopic (exact) mass is 278 g/mol. The van der Waals surface area contributed by atoms with Crippen molar-refractivity contribution in [3.63, 3.8) is 0 Å². The van der Waals surface area contributed by atoms with E-state index in [1.54, 1.807) is 12.1 Å². The molecule has 0 aliphatic carbocycles. The number of carbonyl (C=O) groups is 1. The minimum atomic E-state index is -0.0535. The molecule has 3 nitrogen and oxygen atoms in total. The molecule has 5 heteroatoms. The molecule has 0 heterocycles. The molecule has 0 radical (unpaired) electrons. The summed E-state index contributed by atoms with van der Waals surface area (Å²) in [6.07, 6.45) is 0.594.